The average Bonchev–Trinajstić information content (AvgIpc) is 3.18. The van der Waals surface area contributed by atoms with Gasteiger partial charge in [0.1, 0.15) is 0 Å². The Labute approximate surface area is 277 Å². The Bertz CT molecular complexity index is 2510. The number of fused-ring (bicyclic) bond motifs is 6. The first kappa shape index (κ1) is 27.7. The number of rotatable bonds is 5. The SMILES string of the molecule is c1ccc(-c2nc(-c3ccccc3)nc(-c3ccc4c5ccc(-c6ccc(-c7cccnc7)cn6)cc5c5ccccc5c4c3)n2)cc1. The lowest BCUT2D eigenvalue weighted by Crippen LogP contribution is -2.00. The summed E-state index contributed by atoms with van der Waals surface area (Å²) in [5, 5.41) is 7.09. The van der Waals surface area contributed by atoms with E-state index in [2.05, 4.69) is 77.8 Å². The Morgan fingerprint density at radius 2 is 0.792 bits per heavy atom. The molecular formula is C43H27N5. The molecule has 9 rings (SSSR count). The van der Waals surface area contributed by atoms with E-state index in [9.17, 15) is 0 Å². The van der Waals surface area contributed by atoms with Gasteiger partial charge in [0.25, 0.3) is 0 Å². The van der Waals surface area contributed by atoms with E-state index < -0.39 is 0 Å². The molecule has 0 radical (unpaired) electrons. The average molecular weight is 614 g/mol. The molecule has 48 heavy (non-hydrogen) atoms. The highest BCUT2D eigenvalue weighted by Crippen LogP contribution is 2.39. The molecule has 0 aliphatic carbocycles. The topological polar surface area (TPSA) is 64.5 Å². The van der Waals surface area contributed by atoms with Gasteiger partial charge in [-0.05, 0) is 56.6 Å². The first-order valence-electron chi connectivity index (χ1n) is 15.9. The molecule has 0 atom stereocenters. The van der Waals surface area contributed by atoms with Crippen LogP contribution in [0.1, 0.15) is 0 Å². The monoisotopic (exact) mass is 613 g/mol. The molecule has 5 nitrogen and oxygen atoms in total. The zero-order valence-electron chi connectivity index (χ0n) is 25.8. The van der Waals surface area contributed by atoms with Crippen LogP contribution in [0, 0.1) is 0 Å². The molecule has 0 N–H and O–H groups in total. The van der Waals surface area contributed by atoms with Crippen LogP contribution in [-0.2, 0) is 0 Å². The minimum atomic E-state index is 0.643. The van der Waals surface area contributed by atoms with Gasteiger partial charge >= 0.3 is 0 Å². The van der Waals surface area contributed by atoms with E-state index in [0.717, 1.165) is 44.5 Å². The van der Waals surface area contributed by atoms with Gasteiger partial charge in [0.15, 0.2) is 17.5 Å². The third kappa shape index (κ3) is 4.95. The van der Waals surface area contributed by atoms with Crippen molar-refractivity contribution in [2.75, 3.05) is 0 Å². The number of nitrogens with zero attached hydrogens (tertiary/aromatic N) is 5. The van der Waals surface area contributed by atoms with Gasteiger partial charge in [-0.2, -0.15) is 0 Å². The summed E-state index contributed by atoms with van der Waals surface area (Å²) in [5.41, 5.74) is 6.95. The van der Waals surface area contributed by atoms with Crippen molar-refractivity contribution in [2.45, 2.75) is 0 Å². The standard InChI is InChI=1S/C43H27N5/c1-3-10-28(11-4-1)41-46-42(29-12-5-2-6-13-29)48-43(47-41)31-18-21-37-36-20-17-30(24-38(36)34-15-7-8-16-35(34)39(37)25-31)40-22-19-33(27-45-40)32-14-9-23-44-26-32/h1-27H. The first-order valence-corrected chi connectivity index (χ1v) is 15.9. The summed E-state index contributed by atoms with van der Waals surface area (Å²) in [6, 6.07) is 50.2. The zero-order valence-corrected chi connectivity index (χ0v) is 25.8. The third-order valence-electron chi connectivity index (χ3n) is 8.85. The zero-order chi connectivity index (χ0) is 31.9. The number of pyridine rings is 2. The summed E-state index contributed by atoms with van der Waals surface area (Å²) in [6.45, 7) is 0. The molecule has 3 aromatic heterocycles. The fourth-order valence-electron chi connectivity index (χ4n) is 6.46. The summed E-state index contributed by atoms with van der Waals surface area (Å²) in [4.78, 5) is 23.9. The van der Waals surface area contributed by atoms with Crippen molar-refractivity contribution in [3.8, 4) is 56.5 Å². The normalized spacial score (nSPS) is 11.3. The second-order valence-corrected chi connectivity index (χ2v) is 11.8. The van der Waals surface area contributed by atoms with E-state index in [1.165, 1.54) is 26.9 Å². The van der Waals surface area contributed by atoms with Gasteiger partial charge in [0, 0.05) is 52.0 Å². The molecule has 0 unspecified atom stereocenters. The molecule has 0 aliphatic heterocycles. The molecule has 0 aliphatic rings. The second kappa shape index (κ2) is 11.6. The van der Waals surface area contributed by atoms with Crippen molar-refractivity contribution in [2.24, 2.45) is 0 Å². The van der Waals surface area contributed by atoms with Crippen molar-refractivity contribution < 1.29 is 0 Å². The number of hydrogen-bond donors (Lipinski definition) is 0. The predicted molar refractivity (Wildman–Crippen MR) is 195 cm³/mol. The fourth-order valence-corrected chi connectivity index (χ4v) is 6.46. The molecule has 3 heterocycles. The Morgan fingerprint density at radius 3 is 1.35 bits per heavy atom. The summed E-state index contributed by atoms with van der Waals surface area (Å²) >= 11 is 0. The molecule has 0 spiro atoms. The predicted octanol–water partition coefficient (Wildman–Crippen LogP) is 10.5. The summed E-state index contributed by atoms with van der Waals surface area (Å²) in [7, 11) is 0. The molecule has 0 bridgehead atoms. The van der Waals surface area contributed by atoms with Crippen LogP contribution in [0.4, 0.5) is 0 Å². The maximum atomic E-state index is 4.99. The number of benzene rings is 6. The minimum absolute atomic E-state index is 0.643. The van der Waals surface area contributed by atoms with Crippen molar-refractivity contribution in [1.29, 1.82) is 0 Å². The van der Waals surface area contributed by atoms with Crippen LogP contribution < -0.4 is 0 Å². The molecule has 224 valence electrons. The van der Waals surface area contributed by atoms with Crippen LogP contribution in [0.25, 0.3) is 88.9 Å². The van der Waals surface area contributed by atoms with Gasteiger partial charge in [0.05, 0.1) is 5.69 Å². The Balaban J connectivity index is 1.19. The van der Waals surface area contributed by atoms with Crippen LogP contribution in [0.2, 0.25) is 0 Å². The number of aromatic nitrogens is 5. The van der Waals surface area contributed by atoms with Crippen molar-refractivity contribution in [3.05, 3.63) is 164 Å². The van der Waals surface area contributed by atoms with Gasteiger partial charge in [0.2, 0.25) is 0 Å². The molecule has 0 amide bonds. The van der Waals surface area contributed by atoms with E-state index in [4.69, 9.17) is 19.9 Å². The van der Waals surface area contributed by atoms with Crippen molar-refractivity contribution >= 4 is 32.3 Å². The van der Waals surface area contributed by atoms with Crippen LogP contribution in [-0.4, -0.2) is 24.9 Å². The van der Waals surface area contributed by atoms with Crippen molar-refractivity contribution in [1.82, 2.24) is 24.9 Å². The molecule has 9 aromatic rings. The molecule has 0 saturated carbocycles. The highest BCUT2D eigenvalue weighted by molar-refractivity contribution is 6.26. The Morgan fingerprint density at radius 1 is 0.312 bits per heavy atom. The maximum Gasteiger partial charge on any atom is 0.164 e. The molecule has 0 saturated heterocycles. The number of hydrogen-bond acceptors (Lipinski definition) is 5. The Kier molecular flexibility index (Phi) is 6.72. The molecule has 5 heteroatoms. The summed E-state index contributed by atoms with van der Waals surface area (Å²) in [5.74, 6) is 1.94. The third-order valence-corrected chi connectivity index (χ3v) is 8.85. The van der Waals surface area contributed by atoms with E-state index in [1.807, 2.05) is 85.2 Å². The lowest BCUT2D eigenvalue weighted by molar-refractivity contribution is 1.07. The Hall–Kier alpha value is -6.59. The van der Waals surface area contributed by atoms with Crippen LogP contribution in [0.3, 0.4) is 0 Å². The first-order chi connectivity index (χ1) is 23.8. The highest BCUT2D eigenvalue weighted by Gasteiger charge is 2.15. The van der Waals surface area contributed by atoms with Crippen LogP contribution >= 0.6 is 0 Å². The van der Waals surface area contributed by atoms with Gasteiger partial charge in [-0.25, -0.2) is 15.0 Å². The lowest BCUT2D eigenvalue weighted by atomic mass is 9.91. The van der Waals surface area contributed by atoms with E-state index >= 15 is 0 Å². The van der Waals surface area contributed by atoms with Gasteiger partial charge in [-0.3, -0.25) is 9.97 Å². The van der Waals surface area contributed by atoms with E-state index in [-0.39, 0.29) is 0 Å². The minimum Gasteiger partial charge on any atom is -0.264 e. The summed E-state index contributed by atoms with van der Waals surface area (Å²) in [6.07, 6.45) is 5.57. The van der Waals surface area contributed by atoms with Crippen LogP contribution in [0.15, 0.2) is 164 Å². The largest absolute Gasteiger partial charge is 0.264 e. The van der Waals surface area contributed by atoms with Gasteiger partial charge in [-0.15, -0.1) is 0 Å². The van der Waals surface area contributed by atoms with Crippen molar-refractivity contribution in [3.63, 3.8) is 0 Å². The van der Waals surface area contributed by atoms with Gasteiger partial charge in [-0.1, -0.05) is 121 Å². The second-order valence-electron chi connectivity index (χ2n) is 11.8. The fraction of sp³-hybridized carbons (Fsp3) is 0. The van der Waals surface area contributed by atoms with Gasteiger partial charge < -0.3 is 0 Å². The molecular weight excluding hydrogens is 587 g/mol. The quantitative estimate of drug-likeness (QED) is 0.181. The van der Waals surface area contributed by atoms with E-state index in [1.54, 1.807) is 6.20 Å². The highest BCUT2D eigenvalue weighted by atomic mass is 15.0. The molecule has 0 fully saturated rings. The summed E-state index contributed by atoms with van der Waals surface area (Å²) < 4.78 is 0. The maximum absolute atomic E-state index is 4.99. The smallest absolute Gasteiger partial charge is 0.164 e. The molecule has 6 aromatic carbocycles. The van der Waals surface area contributed by atoms with E-state index in [0.29, 0.717) is 17.5 Å². The van der Waals surface area contributed by atoms with Crippen LogP contribution in [0.5, 0.6) is 0 Å². The lowest BCUT2D eigenvalue weighted by Gasteiger charge is -2.14.